The Balaban J connectivity index is 1.39. The third-order valence-corrected chi connectivity index (χ3v) is 5.18. The minimum absolute atomic E-state index is 0.113. The molecule has 126 valence electrons. The van der Waals surface area contributed by atoms with E-state index in [1.807, 2.05) is 53.1 Å². The van der Waals surface area contributed by atoms with Crippen molar-refractivity contribution in [2.24, 2.45) is 0 Å². The van der Waals surface area contributed by atoms with E-state index in [2.05, 4.69) is 20.8 Å². The molecule has 1 aliphatic heterocycles. The summed E-state index contributed by atoms with van der Waals surface area (Å²) in [6.07, 6.45) is 1.96. The molecule has 0 radical (unpaired) electrons. The maximum Gasteiger partial charge on any atom is 0.238 e. The van der Waals surface area contributed by atoms with Gasteiger partial charge in [-0.1, -0.05) is 18.2 Å². The molecule has 1 atom stereocenters. The van der Waals surface area contributed by atoms with Crippen molar-refractivity contribution in [2.45, 2.75) is 23.1 Å². The smallest absolute Gasteiger partial charge is 0.238 e. The third kappa shape index (κ3) is 3.20. The number of hydrogen-bond donors (Lipinski definition) is 2. The van der Waals surface area contributed by atoms with Gasteiger partial charge >= 0.3 is 0 Å². The maximum absolute atomic E-state index is 12.2. The normalized spacial score (nSPS) is 16.3. The summed E-state index contributed by atoms with van der Waals surface area (Å²) in [5.74, 6) is 0.307. The van der Waals surface area contributed by atoms with Gasteiger partial charge in [0.15, 0.2) is 11.5 Å². The van der Waals surface area contributed by atoms with Gasteiger partial charge in [0.2, 0.25) is 11.8 Å². The van der Waals surface area contributed by atoms with Crippen molar-refractivity contribution in [1.82, 2.24) is 19.9 Å². The largest absolute Gasteiger partial charge is 0.349 e. The molecule has 3 heterocycles. The van der Waals surface area contributed by atoms with Crippen molar-refractivity contribution in [1.29, 1.82) is 0 Å². The Hall–Kier alpha value is -2.87. The Morgan fingerprint density at radius 1 is 1.20 bits per heavy atom. The molecule has 0 saturated heterocycles. The van der Waals surface area contributed by atoms with Gasteiger partial charge in [-0.25, -0.2) is 0 Å². The van der Waals surface area contributed by atoms with Crippen LogP contribution in [0.4, 0.5) is 5.69 Å². The Morgan fingerprint density at radius 2 is 2.04 bits per heavy atom. The number of anilines is 1. The highest BCUT2D eigenvalue weighted by molar-refractivity contribution is 8.01. The van der Waals surface area contributed by atoms with E-state index in [4.69, 9.17) is 0 Å². The number of benzene rings is 1. The summed E-state index contributed by atoms with van der Waals surface area (Å²) in [6.45, 7) is 0.263. The second-order valence-electron chi connectivity index (χ2n) is 5.62. The number of rotatable bonds is 4. The molecule has 2 aromatic heterocycles. The molecule has 0 fully saturated rings. The lowest BCUT2D eigenvalue weighted by atomic mass is 10.2. The van der Waals surface area contributed by atoms with E-state index in [9.17, 15) is 9.59 Å². The molecule has 2 amide bonds. The summed E-state index contributed by atoms with van der Waals surface area (Å²) >= 11 is 1.41. The summed E-state index contributed by atoms with van der Waals surface area (Å²) in [7, 11) is 0. The predicted molar refractivity (Wildman–Crippen MR) is 94.2 cm³/mol. The third-order valence-electron chi connectivity index (χ3n) is 3.91. The van der Waals surface area contributed by atoms with Gasteiger partial charge < -0.3 is 10.6 Å². The summed E-state index contributed by atoms with van der Waals surface area (Å²) in [6, 6.07) is 13.2. The standard InChI is InChI=1S/C17H15N5O2S/c23-16(18-10-15-21-20-14-7-3-4-8-22(14)15)9-13-17(24)19-11-5-1-2-6-12(11)25-13/h1-8,13H,9-10H2,(H,18,23)(H,19,24)/t13-/m1/s1. The summed E-state index contributed by atoms with van der Waals surface area (Å²) in [4.78, 5) is 25.4. The number of para-hydroxylation sites is 1. The van der Waals surface area contributed by atoms with Crippen LogP contribution in [0.1, 0.15) is 12.2 Å². The highest BCUT2D eigenvalue weighted by Crippen LogP contribution is 2.36. The number of carbonyl (C=O) groups is 2. The first-order valence-electron chi connectivity index (χ1n) is 7.82. The molecular formula is C17H15N5O2S. The summed E-state index contributed by atoms with van der Waals surface area (Å²) < 4.78 is 1.82. The number of amides is 2. The Kier molecular flexibility index (Phi) is 4.10. The van der Waals surface area contributed by atoms with Gasteiger partial charge in [0.05, 0.1) is 17.5 Å². The van der Waals surface area contributed by atoms with E-state index < -0.39 is 5.25 Å². The van der Waals surface area contributed by atoms with Crippen molar-refractivity contribution >= 4 is 34.9 Å². The first-order chi connectivity index (χ1) is 12.2. The number of aromatic nitrogens is 3. The molecule has 8 heteroatoms. The Labute approximate surface area is 147 Å². The van der Waals surface area contributed by atoms with Crippen LogP contribution in [-0.4, -0.2) is 31.7 Å². The SMILES string of the molecule is O=C(C[C@H]1Sc2ccccc2NC1=O)NCc1nnc2ccccn12. The second kappa shape index (κ2) is 6.56. The van der Waals surface area contributed by atoms with E-state index in [0.717, 1.165) is 16.2 Å². The van der Waals surface area contributed by atoms with E-state index in [1.54, 1.807) is 0 Å². The lowest BCUT2D eigenvalue weighted by Gasteiger charge is -2.23. The second-order valence-corrected chi connectivity index (χ2v) is 6.86. The molecule has 0 spiro atoms. The van der Waals surface area contributed by atoms with E-state index in [1.165, 1.54) is 11.8 Å². The van der Waals surface area contributed by atoms with Crippen molar-refractivity contribution < 1.29 is 9.59 Å². The minimum atomic E-state index is -0.440. The fourth-order valence-electron chi connectivity index (χ4n) is 2.66. The van der Waals surface area contributed by atoms with Crippen LogP contribution in [0, 0.1) is 0 Å². The van der Waals surface area contributed by atoms with Gasteiger partial charge in [-0.05, 0) is 24.3 Å². The van der Waals surface area contributed by atoms with Gasteiger partial charge in [0.25, 0.3) is 0 Å². The molecule has 4 rings (SSSR count). The van der Waals surface area contributed by atoms with Gasteiger partial charge in [-0.3, -0.25) is 14.0 Å². The number of carbonyl (C=O) groups excluding carboxylic acids is 2. The first kappa shape index (κ1) is 15.6. The fraction of sp³-hybridized carbons (Fsp3) is 0.176. The minimum Gasteiger partial charge on any atom is -0.349 e. The van der Waals surface area contributed by atoms with Gasteiger partial charge in [0, 0.05) is 17.5 Å². The van der Waals surface area contributed by atoms with E-state index in [0.29, 0.717) is 5.82 Å². The monoisotopic (exact) mass is 353 g/mol. The molecule has 0 unspecified atom stereocenters. The fourth-order valence-corrected chi connectivity index (χ4v) is 3.77. The van der Waals surface area contributed by atoms with Crippen LogP contribution in [-0.2, 0) is 16.1 Å². The molecule has 7 nitrogen and oxygen atoms in total. The zero-order valence-corrected chi connectivity index (χ0v) is 14.0. The summed E-state index contributed by atoms with van der Waals surface area (Å²) in [5, 5.41) is 13.3. The Morgan fingerprint density at radius 3 is 2.96 bits per heavy atom. The number of hydrogen-bond acceptors (Lipinski definition) is 5. The molecule has 2 N–H and O–H groups in total. The van der Waals surface area contributed by atoms with Crippen LogP contribution in [0.5, 0.6) is 0 Å². The van der Waals surface area contributed by atoms with E-state index >= 15 is 0 Å². The van der Waals surface area contributed by atoms with Crippen LogP contribution in [0.25, 0.3) is 5.65 Å². The highest BCUT2D eigenvalue weighted by Gasteiger charge is 2.28. The molecule has 0 saturated carbocycles. The number of nitrogens with zero attached hydrogens (tertiary/aromatic N) is 3. The van der Waals surface area contributed by atoms with Crippen molar-refractivity contribution in [2.75, 3.05) is 5.32 Å². The van der Waals surface area contributed by atoms with Crippen molar-refractivity contribution in [3.05, 3.63) is 54.5 Å². The topological polar surface area (TPSA) is 88.4 Å². The molecule has 3 aromatic rings. The van der Waals surface area contributed by atoms with Crippen LogP contribution in [0.3, 0.4) is 0 Å². The average Bonchev–Trinajstić information content (AvgIpc) is 3.04. The molecule has 0 bridgehead atoms. The van der Waals surface area contributed by atoms with Crippen molar-refractivity contribution in [3.63, 3.8) is 0 Å². The summed E-state index contributed by atoms with van der Waals surface area (Å²) in [5.41, 5.74) is 1.52. The molecule has 25 heavy (non-hydrogen) atoms. The van der Waals surface area contributed by atoms with Crippen LogP contribution < -0.4 is 10.6 Å². The van der Waals surface area contributed by atoms with Gasteiger partial charge in [-0.2, -0.15) is 0 Å². The van der Waals surface area contributed by atoms with Crippen LogP contribution in [0.15, 0.2) is 53.6 Å². The van der Waals surface area contributed by atoms with Gasteiger partial charge in [0.1, 0.15) is 0 Å². The zero-order chi connectivity index (χ0) is 17.2. The lowest BCUT2D eigenvalue weighted by molar-refractivity contribution is -0.124. The predicted octanol–water partition coefficient (Wildman–Crippen LogP) is 1.85. The number of fused-ring (bicyclic) bond motifs is 2. The number of pyridine rings is 1. The molecular weight excluding hydrogens is 338 g/mol. The number of thioether (sulfide) groups is 1. The maximum atomic E-state index is 12.2. The first-order valence-corrected chi connectivity index (χ1v) is 8.70. The van der Waals surface area contributed by atoms with Gasteiger partial charge in [-0.15, -0.1) is 22.0 Å². The Bertz CT molecular complexity index is 955. The van der Waals surface area contributed by atoms with Crippen LogP contribution in [0.2, 0.25) is 0 Å². The lowest BCUT2D eigenvalue weighted by Crippen LogP contribution is -2.34. The van der Waals surface area contributed by atoms with E-state index in [-0.39, 0.29) is 24.8 Å². The average molecular weight is 353 g/mol. The molecule has 1 aromatic carbocycles. The molecule has 1 aliphatic rings. The van der Waals surface area contributed by atoms with Crippen molar-refractivity contribution in [3.8, 4) is 0 Å². The zero-order valence-electron chi connectivity index (χ0n) is 13.2. The highest BCUT2D eigenvalue weighted by atomic mass is 32.2. The van der Waals surface area contributed by atoms with Crippen LogP contribution >= 0.6 is 11.8 Å². The number of nitrogens with one attached hydrogen (secondary N) is 2. The quantitative estimate of drug-likeness (QED) is 0.747. The molecule has 0 aliphatic carbocycles.